The highest BCUT2D eigenvalue weighted by Gasteiger charge is 2.24. The monoisotopic (exact) mass is 183 g/mol. The maximum atomic E-state index is 10.9. The standard InChI is InChI=1S/C8H13N3O2/c9-11-10-5-8(13)6-1-3-7(12)4-2-6/h6,8,13H,1-5H2. The maximum absolute atomic E-state index is 10.9. The molecule has 1 aliphatic carbocycles. The van der Waals surface area contributed by atoms with Gasteiger partial charge in [-0.3, -0.25) is 4.79 Å². The number of nitrogens with zero attached hydrogens (tertiary/aromatic N) is 3. The number of Topliss-reactive ketones (excluding diaryl/α,β-unsaturated/α-hetero) is 1. The Kier molecular flexibility index (Phi) is 3.73. The van der Waals surface area contributed by atoms with E-state index in [1.807, 2.05) is 0 Å². The van der Waals surface area contributed by atoms with Gasteiger partial charge in [-0.2, -0.15) is 0 Å². The number of aliphatic hydroxyl groups excluding tert-OH is 1. The normalized spacial score (nSPS) is 20.8. The Hall–Kier alpha value is -1.06. The van der Waals surface area contributed by atoms with Crippen LogP contribution in [0.2, 0.25) is 0 Å². The number of carbonyl (C=O) groups is 1. The summed E-state index contributed by atoms with van der Waals surface area (Å²) in [6.45, 7) is 0.120. The van der Waals surface area contributed by atoms with E-state index >= 15 is 0 Å². The van der Waals surface area contributed by atoms with E-state index in [1.54, 1.807) is 0 Å². The van der Waals surface area contributed by atoms with Crippen LogP contribution < -0.4 is 0 Å². The minimum Gasteiger partial charge on any atom is -0.393 e. The number of carbonyl (C=O) groups excluding carboxylic acids is 1. The van der Waals surface area contributed by atoms with Crippen molar-refractivity contribution < 1.29 is 9.90 Å². The van der Waals surface area contributed by atoms with Crippen LogP contribution in [0.1, 0.15) is 25.7 Å². The van der Waals surface area contributed by atoms with Crippen molar-refractivity contribution in [2.45, 2.75) is 31.8 Å². The molecule has 0 heterocycles. The van der Waals surface area contributed by atoms with Crippen molar-refractivity contribution in [2.24, 2.45) is 11.0 Å². The summed E-state index contributed by atoms with van der Waals surface area (Å²) in [5.74, 6) is 0.399. The summed E-state index contributed by atoms with van der Waals surface area (Å²) in [4.78, 5) is 13.5. The van der Waals surface area contributed by atoms with Crippen LogP contribution in [0.15, 0.2) is 5.11 Å². The SMILES string of the molecule is [N-]=[N+]=NCC(O)C1CCC(=O)CC1. The van der Waals surface area contributed by atoms with Gasteiger partial charge in [0, 0.05) is 17.8 Å². The summed E-state index contributed by atoms with van der Waals surface area (Å²) in [6, 6.07) is 0. The smallest absolute Gasteiger partial charge is 0.132 e. The van der Waals surface area contributed by atoms with Gasteiger partial charge < -0.3 is 5.11 Å². The summed E-state index contributed by atoms with van der Waals surface area (Å²) in [6.07, 6.45) is 1.97. The van der Waals surface area contributed by atoms with Crippen molar-refractivity contribution in [1.82, 2.24) is 0 Å². The summed E-state index contributed by atoms with van der Waals surface area (Å²) in [5, 5.41) is 12.8. The predicted molar refractivity (Wildman–Crippen MR) is 47.0 cm³/mol. The lowest BCUT2D eigenvalue weighted by Gasteiger charge is -2.24. The van der Waals surface area contributed by atoms with Gasteiger partial charge in [-0.15, -0.1) is 0 Å². The van der Waals surface area contributed by atoms with E-state index in [1.165, 1.54) is 0 Å². The highest BCUT2D eigenvalue weighted by molar-refractivity contribution is 5.79. The van der Waals surface area contributed by atoms with E-state index in [9.17, 15) is 9.90 Å². The fraction of sp³-hybridized carbons (Fsp3) is 0.875. The van der Waals surface area contributed by atoms with Gasteiger partial charge in [0.05, 0.1) is 12.6 Å². The number of rotatable bonds is 3. The molecule has 0 aromatic carbocycles. The molecule has 1 unspecified atom stereocenters. The Morgan fingerprint density at radius 1 is 1.62 bits per heavy atom. The van der Waals surface area contributed by atoms with Crippen LogP contribution in [0.4, 0.5) is 0 Å². The number of aliphatic hydroxyl groups is 1. The summed E-state index contributed by atoms with van der Waals surface area (Å²) < 4.78 is 0. The summed E-state index contributed by atoms with van der Waals surface area (Å²) >= 11 is 0. The maximum Gasteiger partial charge on any atom is 0.132 e. The number of ketones is 1. The average molecular weight is 183 g/mol. The van der Waals surface area contributed by atoms with E-state index in [2.05, 4.69) is 10.0 Å². The summed E-state index contributed by atoms with van der Waals surface area (Å²) in [7, 11) is 0. The van der Waals surface area contributed by atoms with Crippen LogP contribution in [-0.2, 0) is 4.79 Å². The Labute approximate surface area is 76.4 Å². The topological polar surface area (TPSA) is 86.1 Å². The molecule has 1 rings (SSSR count). The van der Waals surface area contributed by atoms with Gasteiger partial charge in [0.1, 0.15) is 5.78 Å². The third-order valence-electron chi connectivity index (χ3n) is 2.46. The minimum atomic E-state index is -0.580. The van der Waals surface area contributed by atoms with Crippen molar-refractivity contribution in [1.29, 1.82) is 0 Å². The molecule has 72 valence electrons. The molecule has 0 aromatic rings. The Balaban J connectivity index is 2.34. The van der Waals surface area contributed by atoms with Crippen LogP contribution >= 0.6 is 0 Å². The van der Waals surface area contributed by atoms with Gasteiger partial charge in [-0.05, 0) is 24.3 Å². The van der Waals surface area contributed by atoms with Crippen LogP contribution in [0.3, 0.4) is 0 Å². The fourth-order valence-corrected chi connectivity index (χ4v) is 1.62. The number of hydrogen-bond donors (Lipinski definition) is 1. The molecule has 1 N–H and O–H groups in total. The molecule has 0 spiro atoms. The van der Waals surface area contributed by atoms with E-state index in [-0.39, 0.29) is 18.2 Å². The molecular formula is C8H13N3O2. The average Bonchev–Trinajstić information content (AvgIpc) is 2.15. The van der Waals surface area contributed by atoms with Crippen LogP contribution in [-0.4, -0.2) is 23.5 Å². The number of azide groups is 1. The lowest BCUT2D eigenvalue weighted by molar-refractivity contribution is -0.121. The van der Waals surface area contributed by atoms with E-state index < -0.39 is 6.10 Å². The zero-order chi connectivity index (χ0) is 9.68. The van der Waals surface area contributed by atoms with E-state index in [0.717, 1.165) is 12.8 Å². The van der Waals surface area contributed by atoms with Crippen molar-refractivity contribution in [3.8, 4) is 0 Å². The van der Waals surface area contributed by atoms with Gasteiger partial charge in [0.15, 0.2) is 0 Å². The summed E-state index contributed by atoms with van der Waals surface area (Å²) in [5.41, 5.74) is 8.05. The molecular weight excluding hydrogens is 170 g/mol. The largest absolute Gasteiger partial charge is 0.393 e. The molecule has 5 nitrogen and oxygen atoms in total. The lowest BCUT2D eigenvalue weighted by Crippen LogP contribution is -2.27. The first-order valence-corrected chi connectivity index (χ1v) is 4.44. The number of hydrogen-bond acceptors (Lipinski definition) is 3. The molecule has 5 heteroatoms. The van der Waals surface area contributed by atoms with Gasteiger partial charge in [-0.25, -0.2) is 0 Å². The van der Waals surface area contributed by atoms with E-state index in [4.69, 9.17) is 5.53 Å². The molecule has 0 saturated heterocycles. The molecule has 0 bridgehead atoms. The van der Waals surface area contributed by atoms with Crippen LogP contribution in [0.5, 0.6) is 0 Å². The van der Waals surface area contributed by atoms with Crippen LogP contribution in [0.25, 0.3) is 10.4 Å². The minimum absolute atomic E-state index is 0.120. The van der Waals surface area contributed by atoms with Gasteiger partial charge >= 0.3 is 0 Å². The van der Waals surface area contributed by atoms with Gasteiger partial charge in [0.2, 0.25) is 0 Å². The van der Waals surface area contributed by atoms with Crippen molar-refractivity contribution in [3.63, 3.8) is 0 Å². The molecule has 0 radical (unpaired) electrons. The third-order valence-corrected chi connectivity index (χ3v) is 2.46. The quantitative estimate of drug-likeness (QED) is 0.407. The Morgan fingerprint density at radius 2 is 2.23 bits per heavy atom. The van der Waals surface area contributed by atoms with Crippen LogP contribution in [0, 0.1) is 5.92 Å². The zero-order valence-electron chi connectivity index (χ0n) is 7.39. The second-order valence-electron chi connectivity index (χ2n) is 3.36. The molecule has 1 aliphatic rings. The first-order chi connectivity index (χ1) is 6.24. The predicted octanol–water partition coefficient (Wildman–Crippen LogP) is 1.42. The zero-order valence-corrected chi connectivity index (χ0v) is 7.39. The first kappa shape index (κ1) is 10.0. The molecule has 0 amide bonds. The fourth-order valence-electron chi connectivity index (χ4n) is 1.62. The second kappa shape index (κ2) is 4.84. The Bertz CT molecular complexity index is 226. The van der Waals surface area contributed by atoms with Crippen molar-refractivity contribution in [2.75, 3.05) is 6.54 Å². The Morgan fingerprint density at radius 3 is 2.77 bits per heavy atom. The van der Waals surface area contributed by atoms with Gasteiger partial charge in [-0.1, -0.05) is 5.11 Å². The van der Waals surface area contributed by atoms with Gasteiger partial charge in [0.25, 0.3) is 0 Å². The first-order valence-electron chi connectivity index (χ1n) is 4.44. The molecule has 0 aromatic heterocycles. The molecule has 1 fully saturated rings. The molecule has 0 aliphatic heterocycles. The lowest BCUT2D eigenvalue weighted by atomic mass is 9.85. The third kappa shape index (κ3) is 3.05. The van der Waals surface area contributed by atoms with E-state index in [0.29, 0.717) is 12.8 Å². The highest BCUT2D eigenvalue weighted by atomic mass is 16.3. The van der Waals surface area contributed by atoms with Crippen molar-refractivity contribution in [3.05, 3.63) is 10.4 Å². The molecule has 1 atom stereocenters. The molecule has 13 heavy (non-hydrogen) atoms. The molecule has 1 saturated carbocycles. The highest BCUT2D eigenvalue weighted by Crippen LogP contribution is 2.24. The van der Waals surface area contributed by atoms with Crippen molar-refractivity contribution >= 4 is 5.78 Å². The second-order valence-corrected chi connectivity index (χ2v) is 3.36.